The number of carbonyl (C=O) groups is 4. The highest BCUT2D eigenvalue weighted by atomic mass is 79.9. The highest BCUT2D eigenvalue weighted by Gasteiger charge is 2.48. The number of thiol groups is 1. The van der Waals surface area contributed by atoms with Crippen LogP contribution in [-0.2, 0) is 53.1 Å². The molecule has 4 aliphatic rings. The highest BCUT2D eigenvalue weighted by Crippen LogP contribution is 2.38. The quantitative estimate of drug-likeness (QED) is 0.0771. The SMILES string of the molecule is CC(C)(C(=O)O)S(=O)(=O)C1CCCC1.CCOC(=O)C(C)(C)Br.CCOC(=O)C(C)(C)S(=O)(=O)C1CCCC1.CCOC(=O)C(C)(C)SC1CCCC1.SC1CCCC1. The zero-order valence-corrected chi connectivity index (χ0v) is 42.7. The minimum absolute atomic E-state index is 0.0723. The molecule has 4 rings (SSSR count). The van der Waals surface area contributed by atoms with Crippen LogP contribution >= 0.6 is 40.3 Å². The summed E-state index contributed by atoms with van der Waals surface area (Å²) in [6, 6.07) is 0. The maximum absolute atomic E-state index is 12.3. The molecule has 1 N–H and O–H groups in total. The fourth-order valence-electron chi connectivity index (χ4n) is 6.76. The smallest absolute Gasteiger partial charge is 0.326 e. The van der Waals surface area contributed by atoms with Crippen LogP contribution in [0.4, 0.5) is 0 Å². The van der Waals surface area contributed by atoms with Gasteiger partial charge in [0.1, 0.15) is 9.07 Å². The normalized spacial score (nSPS) is 18.5. The van der Waals surface area contributed by atoms with Crippen LogP contribution in [0, 0.1) is 0 Å². The minimum atomic E-state index is -3.54. The fraction of sp³-hybridized carbons (Fsp3) is 0.905. The Morgan fingerprint density at radius 3 is 1.20 bits per heavy atom. The van der Waals surface area contributed by atoms with Crippen LogP contribution in [0.3, 0.4) is 0 Å². The molecule has 348 valence electrons. The van der Waals surface area contributed by atoms with Crippen molar-refractivity contribution < 1.29 is 55.3 Å². The van der Waals surface area contributed by atoms with Crippen molar-refractivity contribution in [2.24, 2.45) is 0 Å². The summed E-state index contributed by atoms with van der Waals surface area (Å²) in [5.41, 5.74) is 0. The largest absolute Gasteiger partial charge is 0.480 e. The lowest BCUT2D eigenvalue weighted by molar-refractivity contribution is -0.146. The molecular weight excluding hydrogens is 905 g/mol. The van der Waals surface area contributed by atoms with Gasteiger partial charge in [0.2, 0.25) is 0 Å². The summed E-state index contributed by atoms with van der Waals surface area (Å²) >= 11 is 9.25. The Labute approximate surface area is 375 Å². The second kappa shape index (κ2) is 26.6. The minimum Gasteiger partial charge on any atom is -0.480 e. The van der Waals surface area contributed by atoms with Gasteiger partial charge >= 0.3 is 23.9 Å². The van der Waals surface area contributed by atoms with E-state index in [2.05, 4.69) is 28.6 Å². The van der Waals surface area contributed by atoms with Crippen LogP contribution < -0.4 is 0 Å². The van der Waals surface area contributed by atoms with Gasteiger partial charge in [-0.3, -0.25) is 19.2 Å². The van der Waals surface area contributed by atoms with Gasteiger partial charge < -0.3 is 19.3 Å². The van der Waals surface area contributed by atoms with Crippen molar-refractivity contribution >= 4 is 83.9 Å². The van der Waals surface area contributed by atoms with Gasteiger partial charge in [0.15, 0.2) is 29.2 Å². The van der Waals surface area contributed by atoms with Gasteiger partial charge in [-0.15, -0.1) is 11.8 Å². The number of hydrogen-bond donors (Lipinski definition) is 2. The Morgan fingerprint density at radius 1 is 0.576 bits per heavy atom. The Bertz CT molecular complexity index is 1500. The molecule has 4 saturated carbocycles. The first kappa shape index (κ1) is 58.0. The third kappa shape index (κ3) is 19.1. The van der Waals surface area contributed by atoms with E-state index in [9.17, 15) is 36.0 Å². The predicted molar refractivity (Wildman–Crippen MR) is 246 cm³/mol. The van der Waals surface area contributed by atoms with E-state index in [0.717, 1.165) is 30.9 Å². The molecule has 4 aliphatic carbocycles. The molecule has 0 spiro atoms. The van der Waals surface area contributed by atoms with E-state index in [0.29, 0.717) is 44.1 Å². The van der Waals surface area contributed by atoms with E-state index in [1.807, 2.05) is 20.8 Å². The molecule has 0 amide bonds. The summed E-state index contributed by atoms with van der Waals surface area (Å²) in [7, 11) is -6.97. The molecule has 0 saturated heterocycles. The summed E-state index contributed by atoms with van der Waals surface area (Å²) in [4.78, 5) is 44.9. The molecule has 4 fully saturated rings. The first-order valence-electron chi connectivity index (χ1n) is 21.3. The number of alkyl halides is 1. The van der Waals surface area contributed by atoms with Crippen LogP contribution in [0.2, 0.25) is 0 Å². The number of carboxylic acid groups (broad SMARTS) is 1. The van der Waals surface area contributed by atoms with Crippen molar-refractivity contribution in [2.75, 3.05) is 19.8 Å². The molecule has 0 bridgehead atoms. The van der Waals surface area contributed by atoms with E-state index in [4.69, 9.17) is 19.3 Å². The van der Waals surface area contributed by atoms with E-state index in [-0.39, 0.29) is 28.5 Å². The number of carboxylic acids is 1. The van der Waals surface area contributed by atoms with Crippen molar-refractivity contribution in [3.05, 3.63) is 0 Å². The molecule has 17 heteroatoms. The van der Waals surface area contributed by atoms with Crippen LogP contribution in [0.5, 0.6) is 0 Å². The van der Waals surface area contributed by atoms with E-state index >= 15 is 0 Å². The van der Waals surface area contributed by atoms with Gasteiger partial charge in [-0.2, -0.15) is 12.6 Å². The van der Waals surface area contributed by atoms with Gasteiger partial charge in [-0.05, 0) is 128 Å². The highest BCUT2D eigenvalue weighted by molar-refractivity contribution is 9.10. The molecule has 0 aromatic rings. The number of aliphatic carboxylic acids is 1. The van der Waals surface area contributed by atoms with Gasteiger partial charge in [-0.1, -0.05) is 67.3 Å². The number of thioether (sulfide) groups is 1. The summed E-state index contributed by atoms with van der Waals surface area (Å²) in [6.07, 6.45) is 16.9. The monoisotopic (exact) mass is 980 g/mol. The molecule has 0 heterocycles. The summed E-state index contributed by atoms with van der Waals surface area (Å²) in [6.45, 7) is 19.3. The Kier molecular flexibility index (Phi) is 26.1. The van der Waals surface area contributed by atoms with Crippen molar-refractivity contribution in [2.45, 2.75) is 218 Å². The van der Waals surface area contributed by atoms with Gasteiger partial charge in [-0.25, -0.2) is 16.8 Å². The number of sulfone groups is 2. The standard InChI is InChI=1S/C11H20O4S.C11H20O2S.C9H16O4S.C6H11BrO2.C5H10S/c1-4-15-10(12)11(2,3)16(13,14)9-7-5-6-8-9;1-4-13-10(12)11(2,3)14-9-7-5-6-8-9;1-9(2,8(10)11)14(12,13)7-5-3-4-6-7;1-4-9-5(8)6(2,3)7;6-5-3-1-2-4-5/h9H,4-8H2,1-3H3;9H,4-8H2,1-3H3;7H,3-6H2,1-2H3,(H,10,11);4H2,1-3H3;5-6H,1-4H2. The summed E-state index contributed by atoms with van der Waals surface area (Å²) < 4.78 is 59.0. The third-order valence-electron chi connectivity index (χ3n) is 10.8. The molecular formula is C42H77BrO12S4. The molecule has 12 nitrogen and oxygen atoms in total. The van der Waals surface area contributed by atoms with E-state index in [1.165, 1.54) is 79.1 Å². The average molecular weight is 982 g/mol. The first-order valence-corrected chi connectivity index (χ1v) is 26.6. The number of halogens is 1. The number of esters is 3. The van der Waals surface area contributed by atoms with Crippen LogP contribution in [0.25, 0.3) is 0 Å². The maximum atomic E-state index is 12.3. The molecule has 0 aromatic heterocycles. The summed E-state index contributed by atoms with van der Waals surface area (Å²) in [5, 5.41) is 9.44. The Morgan fingerprint density at radius 2 is 0.898 bits per heavy atom. The third-order valence-corrected chi connectivity index (χ3v) is 19.1. The van der Waals surface area contributed by atoms with Crippen molar-refractivity contribution in [3.8, 4) is 0 Å². The second-order valence-corrected chi connectivity index (χ2v) is 27.5. The summed E-state index contributed by atoms with van der Waals surface area (Å²) in [5.74, 6) is -2.19. The topological polar surface area (TPSA) is 184 Å². The Balaban J connectivity index is 0.000000735. The zero-order valence-electron chi connectivity index (χ0n) is 37.7. The predicted octanol–water partition coefficient (Wildman–Crippen LogP) is 9.48. The first-order chi connectivity index (χ1) is 27.1. The second-order valence-electron chi connectivity index (χ2n) is 17.3. The van der Waals surface area contributed by atoms with Crippen LogP contribution in [0.1, 0.15) is 179 Å². The zero-order chi connectivity index (χ0) is 45.9. The maximum Gasteiger partial charge on any atom is 0.326 e. The Hall–Kier alpha value is -1.04. The van der Waals surface area contributed by atoms with Crippen molar-refractivity contribution in [1.82, 2.24) is 0 Å². The molecule has 0 aliphatic heterocycles. The fourth-order valence-corrected chi connectivity index (χ4v) is 12.9. The molecule has 0 radical (unpaired) electrons. The van der Waals surface area contributed by atoms with Crippen molar-refractivity contribution in [3.63, 3.8) is 0 Å². The number of ether oxygens (including phenoxy) is 3. The lowest BCUT2D eigenvalue weighted by Crippen LogP contribution is -2.46. The number of hydrogen-bond acceptors (Lipinski definition) is 13. The molecule has 0 unspecified atom stereocenters. The number of rotatable bonds is 13. The molecule has 0 aromatic carbocycles. The van der Waals surface area contributed by atoms with E-state index < -0.39 is 50.7 Å². The van der Waals surface area contributed by atoms with Crippen LogP contribution in [0.15, 0.2) is 0 Å². The van der Waals surface area contributed by atoms with Gasteiger partial charge in [0.25, 0.3) is 0 Å². The molecule has 0 atom stereocenters. The van der Waals surface area contributed by atoms with Crippen LogP contribution in [-0.4, -0.2) is 105 Å². The molecule has 59 heavy (non-hydrogen) atoms. The van der Waals surface area contributed by atoms with E-state index in [1.54, 1.807) is 39.5 Å². The van der Waals surface area contributed by atoms with Gasteiger partial charge in [0.05, 0.1) is 30.3 Å². The van der Waals surface area contributed by atoms with Gasteiger partial charge in [0, 0.05) is 10.5 Å². The van der Waals surface area contributed by atoms with Crippen molar-refractivity contribution in [1.29, 1.82) is 0 Å². The lowest BCUT2D eigenvalue weighted by atomic mass is 10.2. The average Bonchev–Trinajstić information content (AvgIpc) is 3.99. The number of carbonyl (C=O) groups excluding carboxylic acids is 3. The lowest BCUT2D eigenvalue weighted by Gasteiger charge is -2.26.